The average Bonchev–Trinajstić information content (AvgIpc) is 2.81. The summed E-state index contributed by atoms with van der Waals surface area (Å²) in [6, 6.07) is 5.20. The first-order chi connectivity index (χ1) is 8.47. The summed E-state index contributed by atoms with van der Waals surface area (Å²) in [5.41, 5.74) is -0.751. The Balaban J connectivity index is 2.07. The van der Waals surface area contributed by atoms with Crippen LogP contribution in [0.15, 0.2) is 18.2 Å². The minimum atomic E-state index is -4.42. The molecule has 1 aromatic carbocycles. The van der Waals surface area contributed by atoms with E-state index in [1.807, 2.05) is 0 Å². The molecule has 1 atom stereocenters. The molecule has 0 spiro atoms. The van der Waals surface area contributed by atoms with E-state index in [1.165, 1.54) is 0 Å². The third-order valence-electron chi connectivity index (χ3n) is 2.76. The number of hydrogen-bond acceptors (Lipinski definition) is 2. The molecule has 0 aromatic heterocycles. The molecule has 1 saturated heterocycles. The number of amides is 1. The largest absolute Gasteiger partial charge is 0.416 e. The predicted molar refractivity (Wildman–Crippen MR) is 59.9 cm³/mol. The smallest absolute Gasteiger partial charge is 0.324 e. The molecule has 1 aliphatic rings. The number of carbonyl (C=O) groups is 1. The summed E-state index contributed by atoms with van der Waals surface area (Å²) in [5, 5.41) is 5.41. The molecule has 1 radical (unpaired) electrons. The Morgan fingerprint density at radius 2 is 2.28 bits per heavy atom. The van der Waals surface area contributed by atoms with Crippen molar-refractivity contribution in [3.63, 3.8) is 0 Å². The Bertz CT molecular complexity index is 439. The number of nitrogens with one attached hydrogen (secondary N) is 2. The van der Waals surface area contributed by atoms with Crippen molar-refractivity contribution in [3.8, 4) is 0 Å². The molecular formula is C12H12F3N2O. The lowest BCUT2D eigenvalue weighted by Gasteiger charge is -2.12. The summed E-state index contributed by atoms with van der Waals surface area (Å²) in [4.78, 5) is 11.7. The van der Waals surface area contributed by atoms with Gasteiger partial charge in [0.15, 0.2) is 0 Å². The van der Waals surface area contributed by atoms with Gasteiger partial charge in [0.2, 0.25) is 5.91 Å². The first kappa shape index (κ1) is 12.9. The lowest BCUT2D eigenvalue weighted by molar-refractivity contribution is -0.137. The van der Waals surface area contributed by atoms with E-state index >= 15 is 0 Å². The van der Waals surface area contributed by atoms with Gasteiger partial charge in [0.1, 0.15) is 0 Å². The fourth-order valence-corrected chi connectivity index (χ4v) is 1.84. The van der Waals surface area contributed by atoms with Gasteiger partial charge in [-0.2, -0.15) is 13.2 Å². The summed E-state index contributed by atoms with van der Waals surface area (Å²) >= 11 is 0. The highest BCUT2D eigenvalue weighted by atomic mass is 19.4. The highest BCUT2D eigenvalue weighted by molar-refractivity contribution is 5.94. The second-order valence-electron chi connectivity index (χ2n) is 4.13. The first-order valence-electron chi connectivity index (χ1n) is 5.60. The first-order valence-corrected chi connectivity index (χ1v) is 5.60. The lowest BCUT2D eigenvalue weighted by Crippen LogP contribution is -2.35. The monoisotopic (exact) mass is 257 g/mol. The van der Waals surface area contributed by atoms with Crippen LogP contribution >= 0.6 is 0 Å². The highest BCUT2D eigenvalue weighted by Gasteiger charge is 2.30. The third-order valence-corrected chi connectivity index (χ3v) is 2.76. The van der Waals surface area contributed by atoms with Crippen molar-refractivity contribution >= 4 is 11.6 Å². The van der Waals surface area contributed by atoms with Crippen molar-refractivity contribution in [3.05, 3.63) is 29.8 Å². The van der Waals surface area contributed by atoms with Crippen LogP contribution in [0.3, 0.4) is 0 Å². The molecule has 2 N–H and O–H groups in total. The zero-order valence-corrected chi connectivity index (χ0v) is 9.47. The molecule has 0 bridgehead atoms. The number of carbonyl (C=O) groups excluding carboxylic acids is 1. The van der Waals surface area contributed by atoms with E-state index in [1.54, 1.807) is 0 Å². The van der Waals surface area contributed by atoms with Crippen molar-refractivity contribution in [1.82, 2.24) is 5.32 Å². The van der Waals surface area contributed by atoms with Crippen LogP contribution in [0.25, 0.3) is 0 Å². The van der Waals surface area contributed by atoms with Gasteiger partial charge < -0.3 is 10.6 Å². The summed E-state index contributed by atoms with van der Waals surface area (Å²) in [6.45, 7) is 0.754. The molecule has 1 aromatic rings. The zero-order valence-electron chi connectivity index (χ0n) is 9.47. The van der Waals surface area contributed by atoms with E-state index in [2.05, 4.69) is 16.7 Å². The van der Waals surface area contributed by atoms with Crippen molar-refractivity contribution in [2.45, 2.75) is 25.1 Å². The molecule has 1 amide bonds. The van der Waals surface area contributed by atoms with E-state index in [-0.39, 0.29) is 17.6 Å². The quantitative estimate of drug-likeness (QED) is 0.852. The van der Waals surface area contributed by atoms with Gasteiger partial charge in [-0.25, -0.2) is 0 Å². The number of benzene rings is 1. The SMILES string of the molecule is O=C(Nc1[c]ccc(C(F)(F)F)c1)[C@H]1CCCN1. The molecule has 1 aliphatic heterocycles. The van der Waals surface area contributed by atoms with Crippen LogP contribution in [0.4, 0.5) is 18.9 Å². The maximum absolute atomic E-state index is 12.5. The second-order valence-corrected chi connectivity index (χ2v) is 4.13. The second kappa shape index (κ2) is 4.97. The van der Waals surface area contributed by atoms with Crippen LogP contribution in [0.5, 0.6) is 0 Å². The van der Waals surface area contributed by atoms with E-state index in [4.69, 9.17) is 0 Å². The maximum atomic E-state index is 12.5. The molecule has 2 rings (SSSR count). The molecule has 3 nitrogen and oxygen atoms in total. The van der Waals surface area contributed by atoms with Gasteiger partial charge in [0.25, 0.3) is 0 Å². The van der Waals surface area contributed by atoms with Crippen LogP contribution < -0.4 is 10.6 Å². The van der Waals surface area contributed by atoms with E-state index in [9.17, 15) is 18.0 Å². The van der Waals surface area contributed by atoms with E-state index < -0.39 is 11.7 Å². The minimum Gasteiger partial charge on any atom is -0.324 e. The Hall–Kier alpha value is -1.56. The molecule has 0 saturated carbocycles. The predicted octanol–water partition coefficient (Wildman–Crippen LogP) is 2.20. The standard InChI is InChI=1S/C12H12F3N2O/c13-12(14,15)8-3-1-4-9(7-8)17-11(18)10-5-2-6-16-10/h1,3,7,10,16H,2,5-6H2,(H,17,18)/t10-/m1/s1. The molecule has 97 valence electrons. The van der Waals surface area contributed by atoms with Crippen LogP contribution in [0, 0.1) is 6.07 Å². The summed E-state index contributed by atoms with van der Waals surface area (Å²) < 4.78 is 37.4. The fraction of sp³-hybridized carbons (Fsp3) is 0.417. The number of halogens is 3. The molecular weight excluding hydrogens is 245 g/mol. The van der Waals surface area contributed by atoms with Gasteiger partial charge >= 0.3 is 6.18 Å². The molecule has 0 unspecified atom stereocenters. The number of alkyl halides is 3. The summed E-state index contributed by atoms with van der Waals surface area (Å²) in [6.07, 6.45) is -2.82. The minimum absolute atomic E-state index is 0.0449. The molecule has 1 fully saturated rings. The van der Waals surface area contributed by atoms with Gasteiger partial charge in [-0.3, -0.25) is 4.79 Å². The van der Waals surface area contributed by atoms with Crippen LogP contribution in [-0.4, -0.2) is 18.5 Å². The van der Waals surface area contributed by atoms with Crippen LogP contribution in [0.2, 0.25) is 0 Å². The number of anilines is 1. The maximum Gasteiger partial charge on any atom is 0.416 e. The third kappa shape index (κ3) is 3.01. The zero-order chi connectivity index (χ0) is 13.2. The molecule has 0 aliphatic carbocycles. The Labute approximate surface area is 102 Å². The van der Waals surface area contributed by atoms with Gasteiger partial charge in [-0.05, 0) is 31.5 Å². The van der Waals surface area contributed by atoms with E-state index in [0.29, 0.717) is 6.42 Å². The Morgan fingerprint density at radius 1 is 1.50 bits per heavy atom. The van der Waals surface area contributed by atoms with Gasteiger partial charge in [0, 0.05) is 11.8 Å². The molecule has 1 heterocycles. The van der Waals surface area contributed by atoms with Crippen molar-refractivity contribution in [2.75, 3.05) is 11.9 Å². The van der Waals surface area contributed by atoms with Gasteiger partial charge in [0.05, 0.1) is 11.6 Å². The topological polar surface area (TPSA) is 41.1 Å². The number of hydrogen-bond donors (Lipinski definition) is 2. The van der Waals surface area contributed by atoms with Gasteiger partial charge in [-0.15, -0.1) is 0 Å². The van der Waals surface area contributed by atoms with Crippen molar-refractivity contribution in [1.29, 1.82) is 0 Å². The lowest BCUT2D eigenvalue weighted by atomic mass is 10.1. The Morgan fingerprint density at radius 3 is 2.89 bits per heavy atom. The average molecular weight is 257 g/mol. The van der Waals surface area contributed by atoms with Crippen LogP contribution in [0.1, 0.15) is 18.4 Å². The van der Waals surface area contributed by atoms with Crippen molar-refractivity contribution < 1.29 is 18.0 Å². The fourth-order valence-electron chi connectivity index (χ4n) is 1.84. The summed E-state index contributed by atoms with van der Waals surface area (Å²) in [7, 11) is 0. The number of rotatable bonds is 2. The molecule has 18 heavy (non-hydrogen) atoms. The van der Waals surface area contributed by atoms with Crippen LogP contribution in [-0.2, 0) is 11.0 Å². The Kier molecular flexibility index (Phi) is 3.56. The summed E-state index contributed by atoms with van der Waals surface area (Å²) in [5.74, 6) is -0.317. The van der Waals surface area contributed by atoms with Crippen molar-refractivity contribution in [2.24, 2.45) is 0 Å². The highest BCUT2D eigenvalue weighted by Crippen LogP contribution is 2.30. The normalized spacial score (nSPS) is 19.8. The molecule has 6 heteroatoms. The van der Waals surface area contributed by atoms with Gasteiger partial charge in [-0.1, -0.05) is 6.07 Å². The van der Waals surface area contributed by atoms with E-state index in [0.717, 1.165) is 31.2 Å².